The molecule has 1 heterocycles. The minimum Gasteiger partial charge on any atom is -0.478 e. The van der Waals surface area contributed by atoms with Crippen molar-refractivity contribution in [2.24, 2.45) is 0 Å². The molecule has 0 atom stereocenters. The topological polar surface area (TPSA) is 89.9 Å². The maximum absolute atomic E-state index is 9.55. The average Bonchev–Trinajstić information content (AvgIpc) is 2.17. The molecular formula is C9H16N2O4. The third kappa shape index (κ3) is 10.5. The normalized spacial score (nSPS) is 16.9. The Morgan fingerprint density at radius 3 is 1.73 bits per heavy atom. The zero-order valence-corrected chi connectivity index (χ0v) is 8.64. The predicted molar refractivity (Wildman–Crippen MR) is 54.8 cm³/mol. The quantitative estimate of drug-likeness (QED) is 0.525. The van der Waals surface area contributed by atoms with E-state index in [0.29, 0.717) is 12.2 Å². The summed E-state index contributed by atoms with van der Waals surface area (Å²) in [6, 6.07) is 0. The Kier molecular flexibility index (Phi) is 7.21. The summed E-state index contributed by atoms with van der Waals surface area (Å²) in [4.78, 5) is 21.4. The SMILES string of the molecule is CN1CCNCC1.O=C(O)C=CC(=O)O. The summed E-state index contributed by atoms with van der Waals surface area (Å²) < 4.78 is 0. The van der Waals surface area contributed by atoms with E-state index in [0.717, 1.165) is 13.1 Å². The minimum absolute atomic E-state index is 0.558. The highest BCUT2D eigenvalue weighted by atomic mass is 16.4. The van der Waals surface area contributed by atoms with Crippen molar-refractivity contribution in [3.8, 4) is 0 Å². The molecule has 3 N–H and O–H groups in total. The first-order chi connectivity index (χ1) is 7.02. The molecule has 1 aliphatic heterocycles. The lowest BCUT2D eigenvalue weighted by Crippen LogP contribution is -2.40. The van der Waals surface area contributed by atoms with Gasteiger partial charge in [0.2, 0.25) is 0 Å². The Morgan fingerprint density at radius 2 is 1.53 bits per heavy atom. The van der Waals surface area contributed by atoms with Gasteiger partial charge in [-0.1, -0.05) is 0 Å². The van der Waals surface area contributed by atoms with E-state index in [9.17, 15) is 9.59 Å². The number of carbonyl (C=O) groups is 2. The van der Waals surface area contributed by atoms with Crippen molar-refractivity contribution in [2.45, 2.75) is 0 Å². The van der Waals surface area contributed by atoms with Gasteiger partial charge >= 0.3 is 11.9 Å². The van der Waals surface area contributed by atoms with Crippen molar-refractivity contribution in [1.82, 2.24) is 10.2 Å². The Labute approximate surface area is 88.2 Å². The number of likely N-dealkylation sites (N-methyl/N-ethyl adjacent to an activating group) is 1. The second-order valence-electron chi connectivity index (χ2n) is 3.06. The number of carboxylic acids is 2. The van der Waals surface area contributed by atoms with Crippen LogP contribution in [0.25, 0.3) is 0 Å². The maximum atomic E-state index is 9.55. The lowest BCUT2D eigenvalue weighted by molar-refractivity contribution is -0.134. The van der Waals surface area contributed by atoms with Crippen LogP contribution in [-0.4, -0.2) is 60.3 Å². The predicted octanol–water partition coefficient (Wildman–Crippen LogP) is -0.767. The highest BCUT2D eigenvalue weighted by Gasteiger charge is 2.01. The molecule has 6 nitrogen and oxygen atoms in total. The lowest BCUT2D eigenvalue weighted by Gasteiger charge is -2.21. The molecule has 1 aliphatic rings. The molecule has 0 radical (unpaired) electrons. The van der Waals surface area contributed by atoms with Crippen LogP contribution in [-0.2, 0) is 9.59 Å². The van der Waals surface area contributed by atoms with Crippen LogP contribution in [0.5, 0.6) is 0 Å². The molecule has 0 saturated carbocycles. The van der Waals surface area contributed by atoms with E-state index in [1.165, 1.54) is 13.1 Å². The average molecular weight is 216 g/mol. The molecule has 1 saturated heterocycles. The molecule has 0 spiro atoms. The van der Waals surface area contributed by atoms with E-state index in [-0.39, 0.29) is 0 Å². The van der Waals surface area contributed by atoms with Gasteiger partial charge in [0.05, 0.1) is 0 Å². The van der Waals surface area contributed by atoms with E-state index in [1.807, 2.05) is 0 Å². The first-order valence-electron chi connectivity index (χ1n) is 4.55. The van der Waals surface area contributed by atoms with Crippen LogP contribution in [0.15, 0.2) is 12.2 Å². The number of hydrogen-bond donors (Lipinski definition) is 3. The molecule has 0 amide bonds. The summed E-state index contributed by atoms with van der Waals surface area (Å²) in [7, 11) is 2.15. The molecule has 0 aromatic carbocycles. The summed E-state index contributed by atoms with van der Waals surface area (Å²) in [5, 5.41) is 18.9. The van der Waals surface area contributed by atoms with Gasteiger partial charge in [0.15, 0.2) is 0 Å². The smallest absolute Gasteiger partial charge is 0.328 e. The third-order valence-corrected chi connectivity index (χ3v) is 1.71. The fraction of sp³-hybridized carbons (Fsp3) is 0.556. The van der Waals surface area contributed by atoms with Crippen LogP contribution in [0.3, 0.4) is 0 Å². The number of piperazine rings is 1. The monoisotopic (exact) mass is 216 g/mol. The Bertz CT molecular complexity index is 218. The van der Waals surface area contributed by atoms with Crippen LogP contribution in [0, 0.1) is 0 Å². The van der Waals surface area contributed by atoms with Crippen molar-refractivity contribution in [2.75, 3.05) is 33.2 Å². The first kappa shape index (κ1) is 13.6. The highest BCUT2D eigenvalue weighted by Crippen LogP contribution is 1.83. The van der Waals surface area contributed by atoms with Gasteiger partial charge < -0.3 is 20.4 Å². The molecule has 0 aromatic heterocycles. The van der Waals surface area contributed by atoms with E-state index in [1.54, 1.807) is 0 Å². The second kappa shape index (κ2) is 7.95. The fourth-order valence-corrected chi connectivity index (χ4v) is 0.919. The van der Waals surface area contributed by atoms with Crippen molar-refractivity contribution in [3.05, 3.63) is 12.2 Å². The number of aliphatic carboxylic acids is 2. The van der Waals surface area contributed by atoms with Gasteiger partial charge in [-0.15, -0.1) is 0 Å². The number of nitrogens with one attached hydrogen (secondary N) is 1. The van der Waals surface area contributed by atoms with Crippen molar-refractivity contribution in [3.63, 3.8) is 0 Å². The lowest BCUT2D eigenvalue weighted by atomic mass is 10.4. The Hall–Kier alpha value is -1.40. The van der Waals surface area contributed by atoms with Gasteiger partial charge in [-0.2, -0.15) is 0 Å². The van der Waals surface area contributed by atoms with Gasteiger partial charge in [0.25, 0.3) is 0 Å². The van der Waals surface area contributed by atoms with Crippen LogP contribution < -0.4 is 5.32 Å². The largest absolute Gasteiger partial charge is 0.478 e. The third-order valence-electron chi connectivity index (χ3n) is 1.71. The van der Waals surface area contributed by atoms with Gasteiger partial charge in [0.1, 0.15) is 0 Å². The van der Waals surface area contributed by atoms with E-state index in [4.69, 9.17) is 10.2 Å². The number of rotatable bonds is 2. The molecule has 0 aromatic rings. The molecule has 86 valence electrons. The van der Waals surface area contributed by atoms with Crippen LogP contribution in [0.4, 0.5) is 0 Å². The fourth-order valence-electron chi connectivity index (χ4n) is 0.919. The number of nitrogens with zero attached hydrogens (tertiary/aromatic N) is 1. The van der Waals surface area contributed by atoms with Crippen molar-refractivity contribution >= 4 is 11.9 Å². The van der Waals surface area contributed by atoms with Crippen LogP contribution >= 0.6 is 0 Å². The highest BCUT2D eigenvalue weighted by molar-refractivity contribution is 5.89. The zero-order valence-electron chi connectivity index (χ0n) is 8.64. The summed E-state index contributed by atoms with van der Waals surface area (Å²) in [6.07, 6.45) is 1.12. The molecular weight excluding hydrogens is 200 g/mol. The maximum Gasteiger partial charge on any atom is 0.328 e. The van der Waals surface area contributed by atoms with Gasteiger partial charge in [0, 0.05) is 38.3 Å². The zero-order chi connectivity index (χ0) is 11.7. The molecule has 0 unspecified atom stereocenters. The van der Waals surface area contributed by atoms with E-state index >= 15 is 0 Å². The summed E-state index contributed by atoms with van der Waals surface area (Å²) in [5.74, 6) is -2.51. The number of hydrogen-bond acceptors (Lipinski definition) is 4. The van der Waals surface area contributed by atoms with Crippen molar-refractivity contribution in [1.29, 1.82) is 0 Å². The van der Waals surface area contributed by atoms with Gasteiger partial charge in [-0.3, -0.25) is 0 Å². The Balaban J connectivity index is 0.000000262. The summed E-state index contributed by atoms with van der Waals surface area (Å²) in [6.45, 7) is 4.74. The number of carboxylic acid groups (broad SMARTS) is 2. The van der Waals surface area contributed by atoms with Crippen molar-refractivity contribution < 1.29 is 19.8 Å². The molecule has 6 heteroatoms. The minimum atomic E-state index is -1.26. The second-order valence-corrected chi connectivity index (χ2v) is 3.06. The first-order valence-corrected chi connectivity index (χ1v) is 4.55. The molecule has 0 aliphatic carbocycles. The van der Waals surface area contributed by atoms with Gasteiger partial charge in [-0.25, -0.2) is 9.59 Å². The molecule has 0 bridgehead atoms. The molecule has 15 heavy (non-hydrogen) atoms. The summed E-state index contributed by atoms with van der Waals surface area (Å²) in [5.41, 5.74) is 0. The summed E-state index contributed by atoms with van der Waals surface area (Å²) >= 11 is 0. The Morgan fingerprint density at radius 1 is 1.13 bits per heavy atom. The van der Waals surface area contributed by atoms with E-state index in [2.05, 4.69) is 17.3 Å². The van der Waals surface area contributed by atoms with Gasteiger partial charge in [-0.05, 0) is 7.05 Å². The van der Waals surface area contributed by atoms with Crippen LogP contribution in [0.1, 0.15) is 0 Å². The van der Waals surface area contributed by atoms with E-state index < -0.39 is 11.9 Å². The molecule has 1 fully saturated rings. The van der Waals surface area contributed by atoms with Crippen LogP contribution in [0.2, 0.25) is 0 Å². The standard InChI is InChI=1S/C5H12N2.C4H4O4/c1-7-4-2-6-3-5-7;5-3(6)1-2-4(7)8/h6H,2-5H2,1H3;1-2H,(H,5,6)(H,7,8). The molecule has 1 rings (SSSR count).